The fourth-order valence-corrected chi connectivity index (χ4v) is 7.16. The van der Waals surface area contributed by atoms with Crippen molar-refractivity contribution in [1.29, 1.82) is 0 Å². The van der Waals surface area contributed by atoms with Gasteiger partial charge in [-0.15, -0.1) is 0 Å². The van der Waals surface area contributed by atoms with Gasteiger partial charge in [0.05, 0.1) is 33.0 Å². The van der Waals surface area contributed by atoms with Crippen LogP contribution in [0.15, 0.2) is 0 Å². The maximum absolute atomic E-state index is 11.4. The van der Waals surface area contributed by atoms with E-state index in [1.165, 1.54) is 0 Å². The van der Waals surface area contributed by atoms with Gasteiger partial charge in [-0.25, -0.2) is 0 Å². The first kappa shape index (κ1) is 46.0. The van der Waals surface area contributed by atoms with Crippen LogP contribution in [0.4, 0.5) is 0 Å². The lowest BCUT2D eigenvalue weighted by Crippen LogP contribution is -2.62. The zero-order valence-corrected chi connectivity index (χ0v) is 29.5. The molecule has 0 aromatic carbocycles. The zero-order chi connectivity index (χ0) is 41.5. The third kappa shape index (κ3) is 7.97. The van der Waals surface area contributed by atoms with E-state index in [0.29, 0.717) is 0 Å². The normalized spacial score (nSPS) is 52.3. The number of rotatable bonds is 17. The largest absolute Gasteiger partial charge is 0.394 e. The van der Waals surface area contributed by atoms with Crippen LogP contribution in [0.1, 0.15) is 0 Å². The molecular weight excluding hydrogens is 776 g/mol. The van der Waals surface area contributed by atoms with E-state index in [4.69, 9.17) is 42.6 Å². The Balaban J connectivity index is 1.38. The fourth-order valence-electron chi connectivity index (χ4n) is 7.16. The molecule has 5 saturated heterocycles. The second-order valence-electron chi connectivity index (χ2n) is 14.2. The second-order valence-corrected chi connectivity index (χ2v) is 14.2. The predicted octanol–water partition coefficient (Wildman–Crippen LogP) is -11.9. The summed E-state index contributed by atoms with van der Waals surface area (Å²) < 4.78 is 49.8. The van der Waals surface area contributed by atoms with Crippen molar-refractivity contribution in [3.63, 3.8) is 0 Å². The summed E-state index contributed by atoms with van der Waals surface area (Å²) in [6, 6.07) is 0. The van der Waals surface area contributed by atoms with Gasteiger partial charge in [-0.2, -0.15) is 0 Å². The summed E-state index contributed by atoms with van der Waals surface area (Å²) in [6.45, 7) is -9.08. The van der Waals surface area contributed by atoms with Crippen molar-refractivity contribution in [1.82, 2.24) is 0 Å². The van der Waals surface area contributed by atoms with Crippen LogP contribution in [0.25, 0.3) is 0 Å². The molecule has 17 N–H and O–H groups in total. The molecule has 26 nitrogen and oxygen atoms in total. The molecule has 0 aromatic heterocycles. The molecule has 0 radical (unpaired) electrons. The minimum absolute atomic E-state index is 0.805. The third-order valence-electron chi connectivity index (χ3n) is 10.7. The summed E-state index contributed by atoms with van der Waals surface area (Å²) in [7, 11) is 0. The van der Waals surface area contributed by atoms with Crippen LogP contribution < -0.4 is 0 Å². The first-order valence-electron chi connectivity index (χ1n) is 17.5. The Bertz CT molecular complexity index is 1270. The zero-order valence-electron chi connectivity index (χ0n) is 29.5. The van der Waals surface area contributed by atoms with Crippen molar-refractivity contribution in [3.05, 3.63) is 0 Å². The molecule has 5 heterocycles. The minimum Gasteiger partial charge on any atom is -0.394 e. The summed E-state index contributed by atoms with van der Waals surface area (Å²) in [5, 5.41) is 176. The SMILES string of the molecule is OCC1OC(OC2(CO)OC(COC3(COC4(CO)OC(CO)C(O)C4O)OC(COC4(CO)OC(CO)C(O)C4O)C(O)C3O)C(O)C2O)C(O)C(O)C1O. The smallest absolute Gasteiger partial charge is 0.224 e. The molecule has 0 saturated carbocycles. The summed E-state index contributed by atoms with van der Waals surface area (Å²) in [5.74, 6) is -10.2. The number of aliphatic hydroxyl groups is 17. The molecule has 26 heteroatoms. The first-order chi connectivity index (χ1) is 26.4. The van der Waals surface area contributed by atoms with Crippen molar-refractivity contribution in [2.45, 2.75) is 127 Å². The molecule has 5 aliphatic rings. The summed E-state index contributed by atoms with van der Waals surface area (Å²) >= 11 is 0. The lowest BCUT2D eigenvalue weighted by Gasteiger charge is -2.43. The van der Waals surface area contributed by atoms with Gasteiger partial charge in [0.25, 0.3) is 0 Å². The van der Waals surface area contributed by atoms with Gasteiger partial charge in [0.2, 0.25) is 23.1 Å². The lowest BCUT2D eigenvalue weighted by atomic mass is 9.99. The van der Waals surface area contributed by atoms with Crippen LogP contribution in [0.2, 0.25) is 0 Å². The van der Waals surface area contributed by atoms with E-state index >= 15 is 0 Å². The highest BCUT2D eigenvalue weighted by Crippen LogP contribution is 2.42. The molecule has 5 aliphatic heterocycles. The van der Waals surface area contributed by atoms with E-state index in [-0.39, 0.29) is 0 Å². The first-order valence-corrected chi connectivity index (χ1v) is 17.5. The Morgan fingerprint density at radius 2 is 0.750 bits per heavy atom. The van der Waals surface area contributed by atoms with Crippen molar-refractivity contribution < 1.29 is 129 Å². The number of aliphatic hydroxyl groups excluding tert-OH is 17. The Labute approximate surface area is 316 Å². The highest BCUT2D eigenvalue weighted by molar-refractivity contribution is 5.04. The third-order valence-corrected chi connectivity index (χ3v) is 10.7. The minimum atomic E-state index is -2.69. The Morgan fingerprint density at radius 1 is 0.375 bits per heavy atom. The highest BCUT2D eigenvalue weighted by atomic mass is 16.8. The molecule has 0 amide bonds. The highest BCUT2D eigenvalue weighted by Gasteiger charge is 2.64. The van der Waals surface area contributed by atoms with E-state index < -0.39 is 187 Å². The van der Waals surface area contributed by atoms with Crippen LogP contribution in [-0.2, 0) is 42.6 Å². The van der Waals surface area contributed by atoms with E-state index in [2.05, 4.69) is 0 Å². The van der Waals surface area contributed by atoms with Gasteiger partial charge in [-0.05, 0) is 0 Å². The predicted molar refractivity (Wildman–Crippen MR) is 167 cm³/mol. The van der Waals surface area contributed by atoms with Crippen molar-refractivity contribution >= 4 is 0 Å². The Morgan fingerprint density at radius 3 is 1.20 bits per heavy atom. The van der Waals surface area contributed by atoms with E-state index in [1.807, 2.05) is 0 Å². The van der Waals surface area contributed by atoms with Crippen LogP contribution in [-0.4, -0.2) is 273 Å². The molecule has 0 aliphatic carbocycles. The molecule has 328 valence electrons. The Hall–Kier alpha value is -1.04. The Kier molecular flexibility index (Phi) is 14.7. The molecule has 0 spiro atoms. The van der Waals surface area contributed by atoms with Crippen LogP contribution in [0.5, 0.6) is 0 Å². The average molecular weight is 829 g/mol. The molecule has 0 aromatic rings. The lowest BCUT2D eigenvalue weighted by molar-refractivity contribution is -0.386. The number of ether oxygens (including phenoxy) is 9. The van der Waals surface area contributed by atoms with Gasteiger partial charge in [-0.3, -0.25) is 0 Å². The topological polar surface area (TPSA) is 427 Å². The number of hydrogen-bond acceptors (Lipinski definition) is 26. The monoisotopic (exact) mass is 828 g/mol. The van der Waals surface area contributed by atoms with Gasteiger partial charge in [0.1, 0.15) is 124 Å². The molecular formula is C30H52O26. The van der Waals surface area contributed by atoms with Gasteiger partial charge in [0, 0.05) is 0 Å². The second kappa shape index (κ2) is 17.9. The molecule has 21 atom stereocenters. The van der Waals surface area contributed by atoms with E-state index in [0.717, 1.165) is 0 Å². The van der Waals surface area contributed by atoms with Crippen LogP contribution in [0, 0.1) is 0 Å². The molecule has 21 unspecified atom stereocenters. The van der Waals surface area contributed by atoms with Crippen molar-refractivity contribution in [3.8, 4) is 0 Å². The summed E-state index contributed by atoms with van der Waals surface area (Å²) in [5.41, 5.74) is 0. The van der Waals surface area contributed by atoms with Gasteiger partial charge in [0.15, 0.2) is 6.29 Å². The maximum atomic E-state index is 11.4. The van der Waals surface area contributed by atoms with Crippen molar-refractivity contribution in [2.75, 3.05) is 59.5 Å². The van der Waals surface area contributed by atoms with Gasteiger partial charge >= 0.3 is 0 Å². The van der Waals surface area contributed by atoms with Gasteiger partial charge < -0.3 is 129 Å². The average Bonchev–Trinajstić information content (AvgIpc) is 3.80. The van der Waals surface area contributed by atoms with E-state index in [9.17, 15) is 86.8 Å². The van der Waals surface area contributed by atoms with Crippen molar-refractivity contribution in [2.24, 2.45) is 0 Å². The molecule has 5 fully saturated rings. The van der Waals surface area contributed by atoms with Crippen LogP contribution in [0.3, 0.4) is 0 Å². The summed E-state index contributed by atoms with van der Waals surface area (Å²) in [4.78, 5) is 0. The van der Waals surface area contributed by atoms with Crippen LogP contribution >= 0.6 is 0 Å². The quantitative estimate of drug-likeness (QED) is 0.0647. The maximum Gasteiger partial charge on any atom is 0.224 e. The van der Waals surface area contributed by atoms with Gasteiger partial charge in [-0.1, -0.05) is 0 Å². The molecule has 56 heavy (non-hydrogen) atoms. The molecule has 0 bridgehead atoms. The van der Waals surface area contributed by atoms with E-state index in [1.54, 1.807) is 0 Å². The molecule has 5 rings (SSSR count). The standard InChI is InChI=1S/C30H52O26/c31-1-10-15(37)20(42)21(43)26(51-10)56-29(8-36)24(46)18(40)13(54-29)5-49-30(9-50-28(7-35)23(45)17(39)12(3-33)53-28)25(47)19(41)14(55-30)4-48-27(6-34)22(44)16(38)11(2-32)52-27/h10-26,31-47H,1-9H2. The number of hydrogen-bond donors (Lipinski definition) is 17. The fraction of sp³-hybridized carbons (Fsp3) is 1.00. The summed E-state index contributed by atoms with van der Waals surface area (Å²) in [6.07, 6.45) is -31.7.